The number of amides is 1. The number of aromatic nitrogens is 2. The molecule has 1 aromatic heterocycles. The quantitative estimate of drug-likeness (QED) is 0.914. The number of rotatable bonds is 5. The molecule has 1 fully saturated rings. The van der Waals surface area contributed by atoms with E-state index in [1.54, 1.807) is 0 Å². The number of nitrogens with one attached hydrogen (secondary N) is 1. The van der Waals surface area contributed by atoms with Crippen LogP contribution in [0.2, 0.25) is 0 Å². The average Bonchev–Trinajstić information content (AvgIpc) is 3.20. The van der Waals surface area contributed by atoms with E-state index in [2.05, 4.69) is 10.4 Å². The second-order valence-corrected chi connectivity index (χ2v) is 6.63. The van der Waals surface area contributed by atoms with Crippen molar-refractivity contribution in [3.05, 3.63) is 52.9 Å². The van der Waals surface area contributed by atoms with Crippen LogP contribution < -0.4 is 5.32 Å². The summed E-state index contributed by atoms with van der Waals surface area (Å²) in [4.78, 5) is 12.3. The second-order valence-electron chi connectivity index (χ2n) is 6.63. The zero-order chi connectivity index (χ0) is 17.4. The lowest BCUT2D eigenvalue weighted by atomic mass is 10.1. The maximum atomic E-state index is 13.8. The standard InChI is InChI=1S/C18H21F2N3O/c1-10-6-12(3)23(22-10)9-11(2)21-18(24)16-8-15(16)14-5-4-13(19)7-17(14)20/h4-7,11,15-16H,8-9H2,1-3H3,(H,21,24)/t11-,15-,16-/m0/s1. The van der Waals surface area contributed by atoms with E-state index in [1.165, 1.54) is 12.1 Å². The van der Waals surface area contributed by atoms with E-state index in [9.17, 15) is 13.6 Å². The molecule has 3 atom stereocenters. The summed E-state index contributed by atoms with van der Waals surface area (Å²) in [6.45, 7) is 6.42. The molecule has 24 heavy (non-hydrogen) atoms. The largest absolute Gasteiger partial charge is 0.352 e. The maximum Gasteiger partial charge on any atom is 0.224 e. The van der Waals surface area contributed by atoms with E-state index in [-0.39, 0.29) is 23.8 Å². The van der Waals surface area contributed by atoms with Gasteiger partial charge in [0.05, 0.1) is 12.2 Å². The molecule has 1 aromatic carbocycles. The molecule has 6 heteroatoms. The van der Waals surface area contributed by atoms with Gasteiger partial charge in [-0.2, -0.15) is 5.10 Å². The fourth-order valence-electron chi connectivity index (χ4n) is 3.15. The van der Waals surface area contributed by atoms with Crippen LogP contribution in [0.25, 0.3) is 0 Å². The Morgan fingerprint density at radius 1 is 1.38 bits per heavy atom. The molecule has 1 heterocycles. The van der Waals surface area contributed by atoms with Crippen LogP contribution in [0.15, 0.2) is 24.3 Å². The molecule has 0 saturated heterocycles. The van der Waals surface area contributed by atoms with Gasteiger partial charge in [-0.15, -0.1) is 0 Å². The van der Waals surface area contributed by atoms with E-state index in [0.717, 1.165) is 17.5 Å². The summed E-state index contributed by atoms with van der Waals surface area (Å²) >= 11 is 0. The van der Waals surface area contributed by atoms with Crippen LogP contribution in [0.4, 0.5) is 8.78 Å². The van der Waals surface area contributed by atoms with Gasteiger partial charge >= 0.3 is 0 Å². The first kappa shape index (κ1) is 16.6. The number of nitrogens with zero attached hydrogens (tertiary/aromatic N) is 2. The monoisotopic (exact) mass is 333 g/mol. The van der Waals surface area contributed by atoms with Gasteiger partial charge in [-0.05, 0) is 50.8 Å². The van der Waals surface area contributed by atoms with Crippen molar-refractivity contribution in [3.8, 4) is 0 Å². The van der Waals surface area contributed by atoms with E-state index in [4.69, 9.17) is 0 Å². The summed E-state index contributed by atoms with van der Waals surface area (Å²) in [6.07, 6.45) is 0.598. The lowest BCUT2D eigenvalue weighted by Gasteiger charge is -2.15. The van der Waals surface area contributed by atoms with Gasteiger partial charge in [-0.3, -0.25) is 9.48 Å². The van der Waals surface area contributed by atoms with Crippen LogP contribution in [0, 0.1) is 31.4 Å². The third-order valence-electron chi connectivity index (χ3n) is 4.43. The molecule has 0 bridgehead atoms. The first-order valence-corrected chi connectivity index (χ1v) is 8.11. The number of halogens is 2. The molecule has 4 nitrogen and oxygen atoms in total. The van der Waals surface area contributed by atoms with E-state index < -0.39 is 11.6 Å². The zero-order valence-corrected chi connectivity index (χ0v) is 14.0. The third-order valence-corrected chi connectivity index (χ3v) is 4.43. The first-order valence-electron chi connectivity index (χ1n) is 8.11. The van der Waals surface area contributed by atoms with Gasteiger partial charge in [0.2, 0.25) is 5.91 Å². The Hall–Kier alpha value is -2.24. The van der Waals surface area contributed by atoms with Gasteiger partial charge in [0.25, 0.3) is 0 Å². The highest BCUT2D eigenvalue weighted by atomic mass is 19.1. The van der Waals surface area contributed by atoms with Gasteiger partial charge in [-0.1, -0.05) is 6.07 Å². The van der Waals surface area contributed by atoms with Gasteiger partial charge < -0.3 is 5.32 Å². The summed E-state index contributed by atoms with van der Waals surface area (Å²) in [7, 11) is 0. The van der Waals surface area contributed by atoms with Crippen molar-refractivity contribution >= 4 is 5.91 Å². The van der Waals surface area contributed by atoms with Crippen molar-refractivity contribution in [1.82, 2.24) is 15.1 Å². The zero-order valence-electron chi connectivity index (χ0n) is 14.0. The molecule has 3 rings (SSSR count). The lowest BCUT2D eigenvalue weighted by Crippen LogP contribution is -2.37. The van der Waals surface area contributed by atoms with Crippen LogP contribution in [0.3, 0.4) is 0 Å². The molecule has 1 aliphatic rings. The molecule has 1 N–H and O–H groups in total. The molecule has 128 valence electrons. The van der Waals surface area contributed by atoms with Crippen molar-refractivity contribution in [3.63, 3.8) is 0 Å². The molecule has 0 aliphatic heterocycles. The van der Waals surface area contributed by atoms with Crippen molar-refractivity contribution in [2.24, 2.45) is 5.92 Å². The summed E-state index contributed by atoms with van der Waals surface area (Å²) in [5.74, 6) is -1.67. The first-order chi connectivity index (χ1) is 11.3. The van der Waals surface area contributed by atoms with Gasteiger partial charge in [-0.25, -0.2) is 8.78 Å². The number of carbonyl (C=O) groups excluding carboxylic acids is 1. The van der Waals surface area contributed by atoms with Crippen LogP contribution in [0.1, 0.15) is 36.2 Å². The van der Waals surface area contributed by atoms with Crippen LogP contribution in [-0.4, -0.2) is 21.7 Å². The Morgan fingerprint density at radius 3 is 2.75 bits per heavy atom. The minimum absolute atomic E-state index is 0.0742. The molecule has 1 aliphatic carbocycles. The maximum absolute atomic E-state index is 13.8. The Kier molecular flexibility index (Phi) is 4.39. The normalized spacial score (nSPS) is 20.7. The fourth-order valence-corrected chi connectivity index (χ4v) is 3.15. The summed E-state index contributed by atoms with van der Waals surface area (Å²) < 4.78 is 28.6. The van der Waals surface area contributed by atoms with Crippen LogP contribution >= 0.6 is 0 Å². The van der Waals surface area contributed by atoms with Gasteiger partial charge in [0, 0.05) is 23.7 Å². The Labute approximate surface area is 139 Å². The highest BCUT2D eigenvalue weighted by Crippen LogP contribution is 2.48. The molecule has 0 spiro atoms. The summed E-state index contributed by atoms with van der Waals surface area (Å²) in [5, 5.41) is 7.34. The Balaban J connectivity index is 1.57. The molecule has 1 amide bonds. The number of hydrogen-bond acceptors (Lipinski definition) is 2. The molecule has 2 aromatic rings. The molecule has 1 saturated carbocycles. The second kappa shape index (κ2) is 6.34. The minimum Gasteiger partial charge on any atom is -0.352 e. The predicted octanol–water partition coefficient (Wildman–Crippen LogP) is 3.09. The number of benzene rings is 1. The van der Waals surface area contributed by atoms with Crippen molar-refractivity contribution in [2.75, 3.05) is 0 Å². The highest BCUT2D eigenvalue weighted by Gasteiger charge is 2.45. The van der Waals surface area contributed by atoms with Crippen molar-refractivity contribution < 1.29 is 13.6 Å². The van der Waals surface area contributed by atoms with Crippen molar-refractivity contribution in [2.45, 2.75) is 45.7 Å². The summed E-state index contributed by atoms with van der Waals surface area (Å²) in [5.41, 5.74) is 2.41. The molecular weight excluding hydrogens is 312 g/mol. The average molecular weight is 333 g/mol. The molecular formula is C18H21F2N3O. The van der Waals surface area contributed by atoms with Crippen LogP contribution in [-0.2, 0) is 11.3 Å². The number of aryl methyl sites for hydroxylation is 2. The SMILES string of the molecule is Cc1cc(C)n(C[C@H](C)NC(=O)[C@H]2C[C@H]2c2ccc(F)cc2F)n1. The van der Waals surface area contributed by atoms with E-state index >= 15 is 0 Å². The number of carbonyl (C=O) groups is 1. The minimum atomic E-state index is -0.601. The van der Waals surface area contributed by atoms with E-state index in [0.29, 0.717) is 18.5 Å². The summed E-state index contributed by atoms with van der Waals surface area (Å²) in [6, 6.07) is 5.45. The number of hydrogen-bond donors (Lipinski definition) is 1. The Morgan fingerprint density at radius 2 is 2.12 bits per heavy atom. The van der Waals surface area contributed by atoms with E-state index in [1.807, 2.05) is 31.5 Å². The topological polar surface area (TPSA) is 46.9 Å². The predicted molar refractivity (Wildman–Crippen MR) is 86.5 cm³/mol. The van der Waals surface area contributed by atoms with Gasteiger partial charge in [0.15, 0.2) is 0 Å². The van der Waals surface area contributed by atoms with Crippen molar-refractivity contribution in [1.29, 1.82) is 0 Å². The molecule has 0 unspecified atom stereocenters. The smallest absolute Gasteiger partial charge is 0.224 e. The lowest BCUT2D eigenvalue weighted by molar-refractivity contribution is -0.123. The Bertz CT molecular complexity index is 772. The molecule has 0 radical (unpaired) electrons. The highest BCUT2D eigenvalue weighted by molar-refractivity contribution is 5.83. The van der Waals surface area contributed by atoms with Gasteiger partial charge in [0.1, 0.15) is 11.6 Å². The third kappa shape index (κ3) is 3.47. The fraction of sp³-hybridized carbons (Fsp3) is 0.444. The van der Waals surface area contributed by atoms with Crippen LogP contribution in [0.5, 0.6) is 0 Å².